The standard InChI is InChI=1S/C39H28N2O5/c42-32-19-23(21-40(32)31-18-7-10-22-9-1-2-13-26(22)31)39(45)46-25-12-8-11-24(20-25)41-37(43)35-33-27-14-3-4-15-28(27)34(36(35)38(41)44)30-17-6-5-16-29(30)33/h1-18,20,23,33-36H,19,21H2/t23-,33?,34?,35-,36-/m1/s1. The molecule has 2 fully saturated rings. The van der Waals surface area contributed by atoms with Crippen LogP contribution in [0, 0.1) is 17.8 Å². The van der Waals surface area contributed by atoms with E-state index in [1.54, 1.807) is 29.2 Å². The zero-order chi connectivity index (χ0) is 31.1. The highest BCUT2D eigenvalue weighted by atomic mass is 16.5. The van der Waals surface area contributed by atoms with Crippen LogP contribution in [0.15, 0.2) is 115 Å². The lowest BCUT2D eigenvalue weighted by molar-refractivity contribution is -0.139. The molecule has 0 spiro atoms. The van der Waals surface area contributed by atoms with Gasteiger partial charge in [0, 0.05) is 36.3 Å². The monoisotopic (exact) mass is 604 g/mol. The average molecular weight is 605 g/mol. The van der Waals surface area contributed by atoms with Crippen molar-refractivity contribution in [3.05, 3.63) is 138 Å². The van der Waals surface area contributed by atoms with E-state index in [-0.39, 0.29) is 48.3 Å². The maximum absolute atomic E-state index is 14.2. The SMILES string of the molecule is O=C(Oc1cccc(N2C(=O)[C@@H]3C4c5ccccc5C(c5ccccc54)[C@H]3C2=O)c1)[C@@H]1CC(=O)N(c2cccc3ccccc23)C1. The highest BCUT2D eigenvalue weighted by molar-refractivity contribution is 6.23. The van der Waals surface area contributed by atoms with Crippen molar-refractivity contribution in [1.29, 1.82) is 0 Å². The van der Waals surface area contributed by atoms with Gasteiger partial charge >= 0.3 is 5.97 Å². The first-order valence-electron chi connectivity index (χ1n) is 15.6. The van der Waals surface area contributed by atoms with E-state index in [9.17, 15) is 19.2 Å². The molecule has 2 heterocycles. The minimum Gasteiger partial charge on any atom is -0.426 e. The summed E-state index contributed by atoms with van der Waals surface area (Å²) in [7, 11) is 0. The Kier molecular flexibility index (Phi) is 5.81. The molecule has 2 bridgehead atoms. The van der Waals surface area contributed by atoms with Crippen LogP contribution in [0.3, 0.4) is 0 Å². The molecule has 224 valence electrons. The number of amides is 3. The maximum atomic E-state index is 14.2. The quantitative estimate of drug-likeness (QED) is 0.139. The first-order chi connectivity index (χ1) is 22.5. The van der Waals surface area contributed by atoms with Crippen LogP contribution in [0.4, 0.5) is 11.4 Å². The second-order valence-electron chi connectivity index (χ2n) is 12.6. The predicted molar refractivity (Wildman–Crippen MR) is 173 cm³/mol. The Labute approximate surface area is 265 Å². The lowest BCUT2D eigenvalue weighted by atomic mass is 9.55. The van der Waals surface area contributed by atoms with Gasteiger partial charge in [-0.2, -0.15) is 0 Å². The van der Waals surface area contributed by atoms with Crippen molar-refractivity contribution < 1.29 is 23.9 Å². The molecule has 0 radical (unpaired) electrons. The zero-order valence-corrected chi connectivity index (χ0v) is 24.7. The number of fused-ring (bicyclic) bond motifs is 1. The second-order valence-corrected chi connectivity index (χ2v) is 12.6. The fraction of sp³-hybridized carbons (Fsp3) is 0.179. The molecule has 3 amide bonds. The summed E-state index contributed by atoms with van der Waals surface area (Å²) in [6.07, 6.45) is 0.0398. The van der Waals surface area contributed by atoms with Crippen LogP contribution in [-0.2, 0) is 19.2 Å². The molecule has 7 nitrogen and oxygen atoms in total. The Balaban J connectivity index is 0.982. The number of benzene rings is 5. The smallest absolute Gasteiger partial charge is 0.316 e. The first kappa shape index (κ1) is 26.8. The van der Waals surface area contributed by atoms with Gasteiger partial charge in [0.15, 0.2) is 0 Å². The lowest BCUT2D eigenvalue weighted by Gasteiger charge is -2.45. The van der Waals surface area contributed by atoms with E-state index in [0.29, 0.717) is 5.69 Å². The third-order valence-corrected chi connectivity index (χ3v) is 10.3. The highest BCUT2D eigenvalue weighted by Gasteiger charge is 2.61. The molecule has 0 N–H and O–H groups in total. The number of esters is 1. The summed E-state index contributed by atoms with van der Waals surface area (Å²) in [6.45, 7) is 0.210. The molecule has 0 saturated carbocycles. The summed E-state index contributed by atoms with van der Waals surface area (Å²) in [4.78, 5) is 57.7. The maximum Gasteiger partial charge on any atom is 0.316 e. The van der Waals surface area contributed by atoms with Gasteiger partial charge in [-0.15, -0.1) is 0 Å². The van der Waals surface area contributed by atoms with E-state index in [1.165, 1.54) is 4.90 Å². The lowest BCUT2D eigenvalue weighted by Crippen LogP contribution is -2.41. The summed E-state index contributed by atoms with van der Waals surface area (Å²) < 4.78 is 5.80. The van der Waals surface area contributed by atoms with Crippen molar-refractivity contribution in [2.24, 2.45) is 17.8 Å². The Bertz CT molecular complexity index is 2020. The van der Waals surface area contributed by atoms with Crippen molar-refractivity contribution >= 4 is 45.8 Å². The van der Waals surface area contributed by atoms with Crippen LogP contribution in [0.5, 0.6) is 5.75 Å². The van der Waals surface area contributed by atoms with Gasteiger partial charge in [0.2, 0.25) is 17.7 Å². The van der Waals surface area contributed by atoms with E-state index in [1.807, 2.05) is 66.7 Å². The Morgan fingerprint density at radius 1 is 0.652 bits per heavy atom. The molecular weight excluding hydrogens is 576 g/mol. The van der Waals surface area contributed by atoms with E-state index in [2.05, 4.69) is 24.3 Å². The van der Waals surface area contributed by atoms with E-state index in [4.69, 9.17) is 4.74 Å². The molecule has 3 atom stereocenters. The third-order valence-electron chi connectivity index (χ3n) is 10.3. The van der Waals surface area contributed by atoms with Crippen molar-refractivity contribution in [2.45, 2.75) is 18.3 Å². The van der Waals surface area contributed by atoms with Crippen molar-refractivity contribution in [2.75, 3.05) is 16.3 Å². The number of rotatable bonds is 4. The topological polar surface area (TPSA) is 84.0 Å². The fourth-order valence-electron chi connectivity index (χ4n) is 8.36. The van der Waals surface area contributed by atoms with E-state index >= 15 is 0 Å². The third kappa shape index (κ3) is 3.78. The van der Waals surface area contributed by atoms with Crippen LogP contribution < -0.4 is 14.5 Å². The predicted octanol–water partition coefficient (Wildman–Crippen LogP) is 6.19. The molecule has 10 rings (SSSR count). The van der Waals surface area contributed by atoms with Gasteiger partial charge in [0.1, 0.15) is 5.75 Å². The Hall–Kier alpha value is -5.56. The van der Waals surface area contributed by atoms with Crippen molar-refractivity contribution in [3.8, 4) is 5.75 Å². The van der Waals surface area contributed by atoms with Gasteiger partial charge in [-0.05, 0) is 45.8 Å². The molecule has 5 aliphatic rings. The molecule has 5 aromatic carbocycles. The number of nitrogens with zero attached hydrogens (tertiary/aromatic N) is 2. The first-order valence-corrected chi connectivity index (χ1v) is 15.6. The zero-order valence-electron chi connectivity index (χ0n) is 24.7. The Morgan fingerprint density at radius 3 is 1.87 bits per heavy atom. The minimum atomic E-state index is -0.652. The van der Waals surface area contributed by atoms with Crippen molar-refractivity contribution in [1.82, 2.24) is 0 Å². The number of ether oxygens (including phenoxy) is 1. The molecule has 2 aliphatic heterocycles. The van der Waals surface area contributed by atoms with Crippen LogP contribution in [-0.4, -0.2) is 30.2 Å². The average Bonchev–Trinajstić information content (AvgIpc) is 3.61. The van der Waals surface area contributed by atoms with Gasteiger partial charge in [0.25, 0.3) is 0 Å². The van der Waals surface area contributed by atoms with Gasteiger partial charge < -0.3 is 9.64 Å². The number of carbonyl (C=O) groups excluding carboxylic acids is 4. The van der Waals surface area contributed by atoms with E-state index in [0.717, 1.165) is 38.7 Å². The summed E-state index contributed by atoms with van der Waals surface area (Å²) in [5.41, 5.74) is 5.60. The molecule has 5 aromatic rings. The van der Waals surface area contributed by atoms with Gasteiger partial charge in [0.05, 0.1) is 29.1 Å². The summed E-state index contributed by atoms with van der Waals surface area (Å²) >= 11 is 0. The summed E-state index contributed by atoms with van der Waals surface area (Å²) in [6, 6.07) is 36.5. The number of carbonyl (C=O) groups is 4. The minimum absolute atomic E-state index is 0.0398. The fourth-order valence-corrected chi connectivity index (χ4v) is 8.36. The van der Waals surface area contributed by atoms with Gasteiger partial charge in [-0.3, -0.25) is 19.2 Å². The highest BCUT2D eigenvalue weighted by Crippen LogP contribution is 2.61. The molecule has 0 aromatic heterocycles. The van der Waals surface area contributed by atoms with Gasteiger partial charge in [-0.25, -0.2) is 4.90 Å². The second kappa shape index (κ2) is 9.97. The Morgan fingerprint density at radius 2 is 1.22 bits per heavy atom. The van der Waals surface area contributed by atoms with Crippen LogP contribution in [0.1, 0.15) is 40.5 Å². The largest absolute Gasteiger partial charge is 0.426 e. The summed E-state index contributed by atoms with van der Waals surface area (Å²) in [5, 5.41) is 1.96. The van der Waals surface area contributed by atoms with Gasteiger partial charge in [-0.1, -0.05) is 91.0 Å². The normalized spacial score (nSPS) is 24.3. The number of hydrogen-bond donors (Lipinski definition) is 0. The molecule has 0 unspecified atom stereocenters. The number of anilines is 2. The van der Waals surface area contributed by atoms with Crippen LogP contribution >= 0.6 is 0 Å². The van der Waals surface area contributed by atoms with Crippen molar-refractivity contribution in [3.63, 3.8) is 0 Å². The molecular formula is C39H28N2O5. The molecule has 2 saturated heterocycles. The summed E-state index contributed by atoms with van der Waals surface area (Å²) in [5.74, 6) is -2.96. The van der Waals surface area contributed by atoms with E-state index < -0.39 is 23.7 Å². The number of imide groups is 1. The van der Waals surface area contributed by atoms with Crippen LogP contribution in [0.2, 0.25) is 0 Å². The molecule has 3 aliphatic carbocycles. The molecule has 46 heavy (non-hydrogen) atoms. The number of hydrogen-bond acceptors (Lipinski definition) is 5. The molecule has 7 heteroatoms. The van der Waals surface area contributed by atoms with Crippen LogP contribution in [0.25, 0.3) is 10.8 Å².